The first-order valence-corrected chi connectivity index (χ1v) is 9.27. The van der Waals surface area contributed by atoms with Crippen molar-refractivity contribution in [3.63, 3.8) is 0 Å². The Balaban J connectivity index is 1.98. The van der Waals surface area contributed by atoms with Crippen molar-refractivity contribution in [1.29, 1.82) is 0 Å². The molecule has 156 valence electrons. The first kappa shape index (κ1) is 20.9. The van der Waals surface area contributed by atoms with E-state index in [1.807, 2.05) is 30.3 Å². The summed E-state index contributed by atoms with van der Waals surface area (Å²) in [6, 6.07) is 15.0. The number of amides is 1. The summed E-state index contributed by atoms with van der Waals surface area (Å²) in [6.07, 6.45) is 1.62. The van der Waals surface area contributed by atoms with E-state index < -0.39 is 11.9 Å². The molecule has 0 spiro atoms. The summed E-state index contributed by atoms with van der Waals surface area (Å²) in [5.74, 6) is 0.0430. The summed E-state index contributed by atoms with van der Waals surface area (Å²) < 4.78 is 17.5. The highest BCUT2D eigenvalue weighted by atomic mass is 16.5. The molecule has 1 N–H and O–H groups in total. The molecule has 2 aromatic carbocycles. The highest BCUT2D eigenvalue weighted by molar-refractivity contribution is 5.97. The highest BCUT2D eigenvalue weighted by Crippen LogP contribution is 2.33. The molecule has 1 amide bonds. The molecular weight excluding hydrogens is 386 g/mol. The lowest BCUT2D eigenvalue weighted by molar-refractivity contribution is -0.123. The number of ether oxygens (including phenoxy) is 3. The van der Waals surface area contributed by atoms with Crippen molar-refractivity contribution in [2.24, 2.45) is 0 Å². The smallest absolute Gasteiger partial charge is 0.342 e. The lowest BCUT2D eigenvalue weighted by atomic mass is 10.1. The van der Waals surface area contributed by atoms with Crippen molar-refractivity contribution in [2.75, 3.05) is 27.9 Å². The third-order valence-electron chi connectivity index (χ3n) is 4.44. The number of methoxy groups -OCH3 is 2. The zero-order valence-corrected chi connectivity index (χ0v) is 17.0. The molecule has 0 fully saturated rings. The number of rotatable bonds is 8. The molecule has 0 aliphatic carbocycles. The largest absolute Gasteiger partial charge is 0.493 e. The van der Waals surface area contributed by atoms with E-state index in [2.05, 4.69) is 10.4 Å². The number of aromatic nitrogens is 2. The molecule has 0 radical (unpaired) electrons. The van der Waals surface area contributed by atoms with E-state index in [0.29, 0.717) is 29.3 Å². The number of esters is 1. The average Bonchev–Trinajstić information content (AvgIpc) is 3.21. The summed E-state index contributed by atoms with van der Waals surface area (Å²) >= 11 is 0. The molecule has 0 saturated carbocycles. The molecule has 1 aromatic heterocycles. The fraction of sp³-hybridized carbons (Fsp3) is 0.227. The van der Waals surface area contributed by atoms with Crippen molar-refractivity contribution in [1.82, 2.24) is 15.1 Å². The van der Waals surface area contributed by atoms with Gasteiger partial charge in [0.25, 0.3) is 5.91 Å². The summed E-state index contributed by atoms with van der Waals surface area (Å²) in [4.78, 5) is 24.2. The maximum Gasteiger partial charge on any atom is 0.342 e. The summed E-state index contributed by atoms with van der Waals surface area (Å²) in [5.41, 5.74) is 2.37. The van der Waals surface area contributed by atoms with Gasteiger partial charge in [0, 0.05) is 18.8 Å². The number of benzene rings is 2. The van der Waals surface area contributed by atoms with Crippen molar-refractivity contribution in [2.45, 2.75) is 6.54 Å². The minimum Gasteiger partial charge on any atom is -0.493 e. The zero-order valence-electron chi connectivity index (χ0n) is 17.0. The Morgan fingerprint density at radius 2 is 1.77 bits per heavy atom. The molecule has 3 rings (SSSR count). The number of carbonyl (C=O) groups excluding carboxylic acids is 2. The van der Waals surface area contributed by atoms with Gasteiger partial charge in [-0.3, -0.25) is 9.48 Å². The van der Waals surface area contributed by atoms with Gasteiger partial charge in [-0.25, -0.2) is 4.79 Å². The molecule has 0 bridgehead atoms. The Kier molecular flexibility index (Phi) is 6.69. The summed E-state index contributed by atoms with van der Waals surface area (Å²) in [7, 11) is 4.56. The molecular formula is C22H23N3O5. The maximum atomic E-state index is 12.7. The SMILES string of the molecule is CNC(=O)COC(=O)c1cn(Cc2ccccc2)nc1-c1ccc(OC)c(OC)c1. The van der Waals surface area contributed by atoms with Crippen LogP contribution in [0.3, 0.4) is 0 Å². The van der Waals surface area contributed by atoms with Crippen LogP contribution in [-0.2, 0) is 16.1 Å². The van der Waals surface area contributed by atoms with Gasteiger partial charge in [-0.05, 0) is 23.8 Å². The van der Waals surface area contributed by atoms with Crippen LogP contribution in [0.4, 0.5) is 0 Å². The molecule has 0 unspecified atom stereocenters. The highest BCUT2D eigenvalue weighted by Gasteiger charge is 2.21. The van der Waals surface area contributed by atoms with Crippen LogP contribution in [-0.4, -0.2) is 49.5 Å². The minimum atomic E-state index is -0.636. The van der Waals surface area contributed by atoms with Gasteiger partial charge >= 0.3 is 5.97 Å². The molecule has 1 heterocycles. The Bertz CT molecular complexity index is 1030. The van der Waals surface area contributed by atoms with Gasteiger partial charge in [-0.15, -0.1) is 0 Å². The predicted molar refractivity (Wildman–Crippen MR) is 111 cm³/mol. The van der Waals surface area contributed by atoms with Crippen molar-refractivity contribution in [3.05, 3.63) is 65.9 Å². The fourth-order valence-electron chi connectivity index (χ4n) is 2.90. The lowest BCUT2D eigenvalue weighted by Gasteiger charge is -2.09. The van der Waals surface area contributed by atoms with E-state index in [1.165, 1.54) is 14.2 Å². The van der Waals surface area contributed by atoms with E-state index in [9.17, 15) is 9.59 Å². The number of hydrogen-bond acceptors (Lipinski definition) is 6. The van der Waals surface area contributed by atoms with E-state index in [1.54, 1.807) is 36.2 Å². The number of carbonyl (C=O) groups is 2. The second kappa shape index (κ2) is 9.60. The van der Waals surface area contributed by atoms with Gasteiger partial charge in [0.2, 0.25) is 0 Å². The monoisotopic (exact) mass is 409 g/mol. The molecule has 0 aliphatic heterocycles. The van der Waals surface area contributed by atoms with Crippen molar-refractivity contribution >= 4 is 11.9 Å². The third kappa shape index (κ3) is 4.78. The molecule has 30 heavy (non-hydrogen) atoms. The van der Waals surface area contributed by atoms with Crippen LogP contribution in [0.15, 0.2) is 54.7 Å². The summed E-state index contributed by atoms with van der Waals surface area (Å²) in [6.45, 7) is 0.106. The second-order valence-electron chi connectivity index (χ2n) is 6.39. The molecule has 0 saturated heterocycles. The normalized spacial score (nSPS) is 10.4. The van der Waals surface area contributed by atoms with E-state index in [-0.39, 0.29) is 12.2 Å². The number of nitrogens with zero attached hydrogens (tertiary/aromatic N) is 2. The van der Waals surface area contributed by atoms with Gasteiger partial charge in [0.05, 0.1) is 20.8 Å². The predicted octanol–water partition coefficient (Wildman–Crippen LogP) is 2.52. The van der Waals surface area contributed by atoms with Crippen molar-refractivity contribution < 1.29 is 23.8 Å². The molecule has 0 aliphatic rings. The van der Waals surface area contributed by atoms with Gasteiger partial charge in [0.15, 0.2) is 18.1 Å². The lowest BCUT2D eigenvalue weighted by Crippen LogP contribution is -2.25. The third-order valence-corrected chi connectivity index (χ3v) is 4.44. The van der Waals surface area contributed by atoms with Gasteiger partial charge in [-0.2, -0.15) is 5.10 Å². The van der Waals surface area contributed by atoms with Crippen LogP contribution < -0.4 is 14.8 Å². The standard InChI is InChI=1S/C22H23N3O5/c1-23-20(26)14-30-22(27)17-13-25(12-15-7-5-4-6-8-15)24-21(17)16-9-10-18(28-2)19(11-16)29-3/h4-11,13H,12,14H2,1-3H3,(H,23,26). The van der Waals surface area contributed by atoms with Crippen LogP contribution in [0.25, 0.3) is 11.3 Å². The Hall–Kier alpha value is -3.81. The molecule has 0 atom stereocenters. The minimum absolute atomic E-state index is 0.252. The molecule has 3 aromatic rings. The van der Waals surface area contributed by atoms with Crippen LogP contribution in [0.5, 0.6) is 11.5 Å². The van der Waals surface area contributed by atoms with Crippen LogP contribution in [0, 0.1) is 0 Å². The van der Waals surface area contributed by atoms with Crippen molar-refractivity contribution in [3.8, 4) is 22.8 Å². The number of nitrogens with one attached hydrogen (secondary N) is 1. The van der Waals surface area contributed by atoms with Gasteiger partial charge < -0.3 is 19.5 Å². The topological polar surface area (TPSA) is 91.7 Å². The quantitative estimate of drug-likeness (QED) is 0.575. The number of likely N-dealkylation sites (N-methyl/N-ethyl adjacent to an activating group) is 1. The van der Waals surface area contributed by atoms with E-state index in [0.717, 1.165) is 5.56 Å². The van der Waals surface area contributed by atoms with Crippen LogP contribution >= 0.6 is 0 Å². The summed E-state index contributed by atoms with van der Waals surface area (Å²) in [5, 5.41) is 7.01. The Morgan fingerprint density at radius 1 is 1.03 bits per heavy atom. The second-order valence-corrected chi connectivity index (χ2v) is 6.39. The Labute approximate surface area is 174 Å². The Morgan fingerprint density at radius 3 is 2.43 bits per heavy atom. The van der Waals surface area contributed by atoms with Crippen LogP contribution in [0.1, 0.15) is 15.9 Å². The van der Waals surface area contributed by atoms with Gasteiger partial charge in [0.1, 0.15) is 11.3 Å². The van der Waals surface area contributed by atoms with Gasteiger partial charge in [-0.1, -0.05) is 30.3 Å². The zero-order chi connectivity index (χ0) is 21.5. The van der Waals surface area contributed by atoms with E-state index >= 15 is 0 Å². The first-order valence-electron chi connectivity index (χ1n) is 9.27. The van der Waals surface area contributed by atoms with Crippen LogP contribution in [0.2, 0.25) is 0 Å². The number of hydrogen-bond donors (Lipinski definition) is 1. The maximum absolute atomic E-state index is 12.7. The molecule has 8 nitrogen and oxygen atoms in total. The van der Waals surface area contributed by atoms with E-state index in [4.69, 9.17) is 14.2 Å². The average molecular weight is 409 g/mol. The fourth-order valence-corrected chi connectivity index (χ4v) is 2.90. The molecule has 8 heteroatoms. The first-order chi connectivity index (χ1) is 14.5.